The van der Waals surface area contributed by atoms with Crippen molar-refractivity contribution in [3.05, 3.63) is 23.8 Å². The highest BCUT2D eigenvalue weighted by molar-refractivity contribution is 7.89. The van der Waals surface area contributed by atoms with Crippen molar-refractivity contribution in [3.63, 3.8) is 0 Å². The van der Waals surface area contributed by atoms with E-state index in [2.05, 4.69) is 5.32 Å². The Morgan fingerprint density at radius 3 is 2.50 bits per heavy atom. The molecule has 20 heavy (non-hydrogen) atoms. The molecule has 0 spiro atoms. The normalized spacial score (nSPS) is 11.7. The summed E-state index contributed by atoms with van der Waals surface area (Å²) in [6, 6.07) is 4.76. The molecule has 1 aromatic rings. The Kier molecular flexibility index (Phi) is 5.71. The van der Waals surface area contributed by atoms with Crippen molar-refractivity contribution in [1.82, 2.24) is 4.31 Å². The van der Waals surface area contributed by atoms with E-state index in [0.29, 0.717) is 12.1 Å². The minimum Gasteiger partial charge on any atom is -0.326 e. The smallest absolute Gasteiger partial charge is 0.242 e. The van der Waals surface area contributed by atoms with Crippen molar-refractivity contribution < 1.29 is 13.2 Å². The summed E-state index contributed by atoms with van der Waals surface area (Å²) in [7, 11) is -0.525. The van der Waals surface area contributed by atoms with Crippen LogP contribution in [0.25, 0.3) is 0 Å². The van der Waals surface area contributed by atoms with Gasteiger partial charge in [0.2, 0.25) is 15.9 Å². The predicted octanol–water partition coefficient (Wildman–Crippen LogP) is 2.37. The highest BCUT2D eigenvalue weighted by Crippen LogP contribution is 2.22. The van der Waals surface area contributed by atoms with E-state index in [1.807, 2.05) is 13.8 Å². The van der Waals surface area contributed by atoms with Gasteiger partial charge in [-0.15, -0.1) is 0 Å². The zero-order valence-corrected chi connectivity index (χ0v) is 13.3. The molecular weight excluding hydrogens is 276 g/mol. The zero-order valence-electron chi connectivity index (χ0n) is 12.4. The lowest BCUT2D eigenvalue weighted by molar-refractivity contribution is -0.116. The van der Waals surface area contributed by atoms with Crippen LogP contribution < -0.4 is 5.32 Å². The van der Waals surface area contributed by atoms with E-state index in [9.17, 15) is 13.2 Å². The van der Waals surface area contributed by atoms with Crippen LogP contribution >= 0.6 is 0 Å². The number of benzene rings is 1. The summed E-state index contributed by atoms with van der Waals surface area (Å²) >= 11 is 0. The molecule has 1 N–H and O–H groups in total. The fourth-order valence-corrected chi connectivity index (χ4v) is 2.59. The summed E-state index contributed by atoms with van der Waals surface area (Å²) in [4.78, 5) is 11.9. The third-order valence-corrected chi connectivity index (χ3v) is 4.83. The SMILES string of the molecule is CCCCC(=O)Nc1cc(S(=O)(=O)N(C)C)ccc1C. The number of hydrogen-bond donors (Lipinski definition) is 1. The fraction of sp³-hybridized carbons (Fsp3) is 0.500. The largest absolute Gasteiger partial charge is 0.326 e. The lowest BCUT2D eigenvalue weighted by Gasteiger charge is -2.14. The molecule has 0 aliphatic rings. The van der Waals surface area contributed by atoms with Gasteiger partial charge >= 0.3 is 0 Å². The Balaban J connectivity index is 3.01. The van der Waals surface area contributed by atoms with Crippen LogP contribution in [-0.2, 0) is 14.8 Å². The van der Waals surface area contributed by atoms with Gasteiger partial charge in [-0.25, -0.2) is 12.7 Å². The molecule has 1 aromatic carbocycles. The molecule has 1 rings (SSSR count). The van der Waals surface area contributed by atoms with Gasteiger partial charge in [-0.2, -0.15) is 0 Å². The van der Waals surface area contributed by atoms with E-state index in [-0.39, 0.29) is 10.8 Å². The average molecular weight is 298 g/mol. The quantitative estimate of drug-likeness (QED) is 0.877. The maximum absolute atomic E-state index is 12.1. The summed E-state index contributed by atoms with van der Waals surface area (Å²) in [6.07, 6.45) is 2.21. The molecule has 0 saturated carbocycles. The second-order valence-electron chi connectivity index (χ2n) is 4.92. The number of aryl methyl sites for hydroxylation is 1. The van der Waals surface area contributed by atoms with Gasteiger partial charge in [0.25, 0.3) is 0 Å². The molecule has 0 aromatic heterocycles. The van der Waals surface area contributed by atoms with Crippen LogP contribution in [0.1, 0.15) is 31.7 Å². The van der Waals surface area contributed by atoms with Crippen LogP contribution in [0.15, 0.2) is 23.1 Å². The highest BCUT2D eigenvalue weighted by Gasteiger charge is 2.18. The molecule has 0 fully saturated rings. The Labute approximate surface area is 121 Å². The van der Waals surface area contributed by atoms with E-state index in [4.69, 9.17) is 0 Å². The second-order valence-corrected chi connectivity index (χ2v) is 7.07. The average Bonchev–Trinajstić information content (AvgIpc) is 2.38. The molecular formula is C14H22N2O3S. The third-order valence-electron chi connectivity index (χ3n) is 3.02. The van der Waals surface area contributed by atoms with E-state index < -0.39 is 10.0 Å². The van der Waals surface area contributed by atoms with Gasteiger partial charge in [-0.1, -0.05) is 19.4 Å². The maximum atomic E-state index is 12.1. The van der Waals surface area contributed by atoms with E-state index in [0.717, 1.165) is 22.7 Å². The number of nitrogens with one attached hydrogen (secondary N) is 1. The molecule has 0 bridgehead atoms. The standard InChI is InChI=1S/C14H22N2O3S/c1-5-6-7-14(17)15-13-10-12(9-8-11(13)2)20(18,19)16(3)4/h8-10H,5-7H2,1-4H3,(H,15,17). The molecule has 0 aliphatic carbocycles. The van der Waals surface area contributed by atoms with Gasteiger partial charge in [0.15, 0.2) is 0 Å². The topological polar surface area (TPSA) is 66.5 Å². The second kappa shape index (κ2) is 6.85. The summed E-state index contributed by atoms with van der Waals surface area (Å²) in [5.41, 5.74) is 1.39. The fourth-order valence-electron chi connectivity index (χ4n) is 1.66. The van der Waals surface area contributed by atoms with Crippen molar-refractivity contribution in [3.8, 4) is 0 Å². The zero-order chi connectivity index (χ0) is 15.3. The summed E-state index contributed by atoms with van der Waals surface area (Å²) in [5.74, 6) is -0.0886. The predicted molar refractivity (Wildman–Crippen MR) is 80.2 cm³/mol. The van der Waals surface area contributed by atoms with Crippen LogP contribution in [0, 0.1) is 6.92 Å². The lowest BCUT2D eigenvalue weighted by Crippen LogP contribution is -2.22. The summed E-state index contributed by atoms with van der Waals surface area (Å²) in [6.45, 7) is 3.85. The molecule has 112 valence electrons. The van der Waals surface area contributed by atoms with Crippen molar-refractivity contribution in [2.45, 2.75) is 38.0 Å². The van der Waals surface area contributed by atoms with Gasteiger partial charge in [0.1, 0.15) is 0 Å². The highest BCUT2D eigenvalue weighted by atomic mass is 32.2. The summed E-state index contributed by atoms with van der Waals surface area (Å²) < 4.78 is 25.3. The van der Waals surface area contributed by atoms with E-state index >= 15 is 0 Å². The van der Waals surface area contributed by atoms with Gasteiger partial charge in [-0.3, -0.25) is 4.79 Å². The number of anilines is 1. The molecule has 6 heteroatoms. The van der Waals surface area contributed by atoms with Crippen molar-refractivity contribution in [2.75, 3.05) is 19.4 Å². The molecule has 0 saturated heterocycles. The summed E-state index contributed by atoms with van der Waals surface area (Å²) in [5, 5.41) is 2.77. The number of hydrogen-bond acceptors (Lipinski definition) is 3. The number of unbranched alkanes of at least 4 members (excludes halogenated alkanes) is 1. The minimum absolute atomic E-state index is 0.0886. The third kappa shape index (κ3) is 4.05. The van der Waals surface area contributed by atoms with Gasteiger partial charge < -0.3 is 5.32 Å². The van der Waals surface area contributed by atoms with Crippen molar-refractivity contribution >= 4 is 21.6 Å². The molecule has 0 radical (unpaired) electrons. The lowest BCUT2D eigenvalue weighted by atomic mass is 10.2. The molecule has 1 amide bonds. The Bertz CT molecular complexity index is 580. The number of carbonyl (C=O) groups excluding carboxylic acids is 1. The van der Waals surface area contributed by atoms with E-state index in [1.165, 1.54) is 20.2 Å². The Hall–Kier alpha value is -1.40. The van der Waals surface area contributed by atoms with E-state index in [1.54, 1.807) is 12.1 Å². The Morgan fingerprint density at radius 1 is 1.30 bits per heavy atom. The first-order chi connectivity index (χ1) is 9.28. The maximum Gasteiger partial charge on any atom is 0.242 e. The first kappa shape index (κ1) is 16.7. The number of rotatable bonds is 6. The molecule has 0 unspecified atom stereocenters. The number of carbonyl (C=O) groups is 1. The van der Waals surface area contributed by atoms with Gasteiger partial charge in [-0.05, 0) is 31.0 Å². The molecule has 0 aliphatic heterocycles. The van der Waals surface area contributed by atoms with Gasteiger partial charge in [0.05, 0.1) is 4.90 Å². The number of amides is 1. The number of sulfonamides is 1. The van der Waals surface area contributed by atoms with Crippen LogP contribution in [0.4, 0.5) is 5.69 Å². The van der Waals surface area contributed by atoms with Crippen LogP contribution in [0.5, 0.6) is 0 Å². The van der Waals surface area contributed by atoms with Crippen LogP contribution in [0.2, 0.25) is 0 Å². The van der Waals surface area contributed by atoms with Crippen molar-refractivity contribution in [1.29, 1.82) is 0 Å². The Morgan fingerprint density at radius 2 is 1.95 bits per heavy atom. The van der Waals surface area contributed by atoms with Gasteiger partial charge in [0, 0.05) is 26.2 Å². The number of nitrogens with zero attached hydrogens (tertiary/aromatic N) is 1. The monoisotopic (exact) mass is 298 g/mol. The molecule has 0 heterocycles. The van der Waals surface area contributed by atoms with Crippen LogP contribution in [0.3, 0.4) is 0 Å². The minimum atomic E-state index is -3.49. The van der Waals surface area contributed by atoms with Crippen molar-refractivity contribution in [2.24, 2.45) is 0 Å². The first-order valence-electron chi connectivity index (χ1n) is 6.62. The molecule has 5 nitrogen and oxygen atoms in total. The van der Waals surface area contributed by atoms with Crippen LogP contribution in [-0.4, -0.2) is 32.7 Å². The first-order valence-corrected chi connectivity index (χ1v) is 8.06. The molecule has 0 atom stereocenters.